The van der Waals surface area contributed by atoms with Crippen LogP contribution in [-0.4, -0.2) is 278 Å². The van der Waals surface area contributed by atoms with Crippen LogP contribution in [0.4, 0.5) is 0 Å². The number of thiazole rings is 4. The zero-order chi connectivity index (χ0) is 88.6. The molecule has 7 aromatic carbocycles. The Hall–Kier alpha value is -7.96. The van der Waals surface area contributed by atoms with Crippen LogP contribution in [0.3, 0.4) is 0 Å². The number of allylic oxidation sites excluding steroid dienone is 1. The van der Waals surface area contributed by atoms with E-state index >= 15 is 0 Å². The number of aromatic hydroxyl groups is 1. The fourth-order valence-electron chi connectivity index (χ4n) is 13.3. The van der Waals surface area contributed by atoms with Gasteiger partial charge in [-0.2, -0.15) is 10.2 Å². The van der Waals surface area contributed by atoms with Crippen molar-refractivity contribution in [3.05, 3.63) is 195 Å². The summed E-state index contributed by atoms with van der Waals surface area (Å²) in [6, 6.07) is 53.4. The van der Waals surface area contributed by atoms with Crippen LogP contribution in [0, 0.1) is 0 Å². The van der Waals surface area contributed by atoms with Gasteiger partial charge in [0.05, 0.1) is 118 Å². The van der Waals surface area contributed by atoms with Crippen LogP contribution in [0.1, 0.15) is 13.0 Å². The van der Waals surface area contributed by atoms with Gasteiger partial charge in [-0.15, -0.1) is 11.3 Å². The molecule has 0 atom stereocenters. The van der Waals surface area contributed by atoms with Crippen molar-refractivity contribution in [1.82, 2.24) is 59.1 Å². The molecule has 18 rings (SSSR count). The first-order valence-electron chi connectivity index (χ1n) is 42.7. The summed E-state index contributed by atoms with van der Waals surface area (Å²) in [6.07, 6.45) is 7.48. The number of benzene rings is 7. The number of halogens is 3. The van der Waals surface area contributed by atoms with Crippen LogP contribution in [0.5, 0.6) is 44.3 Å². The van der Waals surface area contributed by atoms with E-state index in [-0.39, 0.29) is 28.2 Å². The number of rotatable bonds is 31. The van der Waals surface area contributed by atoms with Crippen molar-refractivity contribution in [2.75, 3.05) is 178 Å². The normalized spacial score (nSPS) is 15.0. The Balaban J connectivity index is 0.000000158. The van der Waals surface area contributed by atoms with Crippen molar-refractivity contribution in [2.45, 2.75) is 72.3 Å². The minimum Gasteiger partial charge on any atom is -0.508 e. The second-order valence-electron chi connectivity index (χ2n) is 32.6. The number of hydrogen-bond donors (Lipinski definition) is 2. The van der Waals surface area contributed by atoms with Gasteiger partial charge in [0.1, 0.15) is 62.0 Å². The van der Waals surface area contributed by atoms with Crippen LogP contribution in [0.15, 0.2) is 190 Å². The molecule has 4 fully saturated rings. The summed E-state index contributed by atoms with van der Waals surface area (Å²) in [6.45, 7) is 37.3. The predicted molar refractivity (Wildman–Crippen MR) is 537 cm³/mol. The van der Waals surface area contributed by atoms with E-state index in [0.717, 1.165) is 264 Å². The molecule has 3 radical (unpaired) electrons. The number of aliphatic hydroxyl groups is 1. The lowest BCUT2D eigenvalue weighted by atomic mass is 10.1. The number of fused-ring (bicyclic) bond motifs is 4. The molecule has 0 aliphatic carbocycles. The highest BCUT2D eigenvalue weighted by Gasteiger charge is 2.20. The average molecular weight is 2010 g/mol. The first-order valence-corrected chi connectivity index (χ1v) is 55.4. The summed E-state index contributed by atoms with van der Waals surface area (Å²) in [4.78, 5) is 31.3. The van der Waals surface area contributed by atoms with E-state index < -0.39 is 16.1 Å². The Kier molecular flexibility index (Phi) is 41.3. The van der Waals surface area contributed by atoms with Crippen molar-refractivity contribution >= 4 is 166 Å². The molecule has 0 saturated carbocycles. The molecule has 36 heteroatoms. The molecule has 0 amide bonds. The third-order valence-electron chi connectivity index (χ3n) is 20.6. The monoisotopic (exact) mass is 2010 g/mol. The molecule has 13 aromatic rings. The number of β-amino-alcohol motifs (C(OH)–C–C–N with tert-alkyl or cyclic N) is 1. The highest BCUT2D eigenvalue weighted by Crippen LogP contribution is 2.37. The van der Waals surface area contributed by atoms with Gasteiger partial charge in [-0.05, 0) is 163 Å². The number of ether oxygens (including phenoxy) is 11. The van der Waals surface area contributed by atoms with Crippen LogP contribution < -0.4 is 23.7 Å². The summed E-state index contributed by atoms with van der Waals surface area (Å²) >= 11 is 18.7. The lowest BCUT2D eigenvalue weighted by Gasteiger charge is -2.26. The van der Waals surface area contributed by atoms with Gasteiger partial charge >= 0.3 is 0 Å². The fraction of sp³-hybridized carbons (Fsp3) is 0.409. The molecule has 5 aliphatic heterocycles. The van der Waals surface area contributed by atoms with E-state index in [4.69, 9.17) is 68.8 Å². The van der Waals surface area contributed by atoms with Crippen molar-refractivity contribution in [3.8, 4) is 66.8 Å². The van der Waals surface area contributed by atoms with Gasteiger partial charge in [0.15, 0.2) is 4.47 Å². The molecule has 0 spiro atoms. The maximum Gasteiger partial charge on any atom is 0.274 e. The molecule has 129 heavy (non-hydrogen) atoms. The van der Waals surface area contributed by atoms with Gasteiger partial charge in [0.2, 0.25) is 0 Å². The van der Waals surface area contributed by atoms with Crippen LogP contribution in [0.25, 0.3) is 69.0 Å². The highest BCUT2D eigenvalue weighted by molar-refractivity contribution is 9.10. The first kappa shape index (κ1) is 102. The van der Waals surface area contributed by atoms with E-state index in [1.165, 1.54) is 22.5 Å². The molecule has 6 aromatic heterocycles. The van der Waals surface area contributed by atoms with Crippen molar-refractivity contribution < 1.29 is 62.3 Å². The van der Waals surface area contributed by atoms with Crippen LogP contribution in [0.2, 0.25) is 55.8 Å². The SMILES string of the molecule is Brc1ccc2nc(OCCN3CCOCC3)sc2c1.C.C1=NCC(c2ccc(Oc3ccc4nc(OCCN5CCOCC5)sc4c3)cc2)=C1.C[Si](C)(C)CCOCn1nccc1-c1ccc(O)cc1.C[Si](C)(C)CCOCn1nccc1-c1ccc(Oc2ccc3nc(OCCN4CCOCC4)sc3c2)cc1.Clc1nc2ccc(Br)cc2s1.OCCN1CCOCC1.[B]. The second-order valence-corrected chi connectivity index (χ2v) is 50.3. The molecular weight excluding hydrogens is 1900 g/mol. The van der Waals surface area contributed by atoms with E-state index in [0.29, 0.717) is 48.1 Å². The fourth-order valence-corrected chi connectivity index (χ4v) is 19.6. The lowest BCUT2D eigenvalue weighted by molar-refractivity contribution is 0.0306. The van der Waals surface area contributed by atoms with Gasteiger partial charge in [-0.1, -0.05) is 136 Å². The highest BCUT2D eigenvalue weighted by atomic mass is 79.9. The largest absolute Gasteiger partial charge is 0.508 e. The average Bonchev–Trinajstić information content (AvgIpc) is 1.80. The Labute approximate surface area is 797 Å². The summed E-state index contributed by atoms with van der Waals surface area (Å²) in [5, 5.41) is 28.7. The Morgan fingerprint density at radius 2 is 0.783 bits per heavy atom. The van der Waals surface area contributed by atoms with E-state index in [9.17, 15) is 5.11 Å². The third-order valence-corrected chi connectivity index (χ3v) is 28.9. The molecule has 4 saturated heterocycles. The van der Waals surface area contributed by atoms with Gasteiger partial charge in [-0.3, -0.25) is 24.6 Å². The van der Waals surface area contributed by atoms with Crippen molar-refractivity contribution in [3.63, 3.8) is 0 Å². The Morgan fingerprint density at radius 3 is 1.17 bits per heavy atom. The quantitative estimate of drug-likeness (QED) is 0.0302. The van der Waals surface area contributed by atoms with Crippen molar-refractivity contribution in [1.29, 1.82) is 0 Å². The number of aliphatic hydroxyl groups excluding tert-OH is 1. The number of aromatic nitrogens is 8. The van der Waals surface area contributed by atoms with E-state index in [1.54, 1.807) is 52.3 Å². The number of phenols is 1. The predicted octanol–water partition coefficient (Wildman–Crippen LogP) is 19.9. The molecule has 687 valence electrons. The number of nitrogens with zero attached hydrogens (tertiary/aromatic N) is 13. The number of phenolic OH excluding ortho intramolecular Hbond substituents is 1. The third kappa shape index (κ3) is 33.9. The summed E-state index contributed by atoms with van der Waals surface area (Å²) in [5.41, 5.74) is 10.3. The maximum absolute atomic E-state index is 9.33. The first-order chi connectivity index (χ1) is 61.7. The summed E-state index contributed by atoms with van der Waals surface area (Å²) in [7, 11) is -2.15. The minimum atomic E-state index is -1.10. The number of aliphatic imine (C=N–C) groups is 1. The zero-order valence-electron chi connectivity index (χ0n) is 73.3. The topological polar surface area (TPSA) is 255 Å². The molecule has 0 bridgehead atoms. The Bertz CT molecular complexity index is 5560. The van der Waals surface area contributed by atoms with Gasteiger partial charge in [-0.25, -0.2) is 29.3 Å². The minimum absolute atomic E-state index is 0. The van der Waals surface area contributed by atoms with E-state index in [1.807, 2.05) is 143 Å². The Morgan fingerprint density at radius 1 is 0.426 bits per heavy atom. The molecule has 11 heterocycles. The molecule has 0 unspecified atom stereocenters. The second kappa shape index (κ2) is 52.5. The number of hydrogen-bond acceptors (Lipinski definition) is 28. The van der Waals surface area contributed by atoms with Gasteiger partial charge in [0.25, 0.3) is 15.6 Å². The van der Waals surface area contributed by atoms with Crippen molar-refractivity contribution in [2.24, 2.45) is 4.99 Å². The zero-order valence-corrected chi connectivity index (χ0v) is 82.5. The number of morpholine rings is 4. The summed E-state index contributed by atoms with van der Waals surface area (Å²) < 4.78 is 73.4. The maximum atomic E-state index is 9.33. The molecule has 5 aliphatic rings. The van der Waals surface area contributed by atoms with E-state index in [2.05, 4.69) is 156 Å². The van der Waals surface area contributed by atoms with Crippen LogP contribution >= 0.6 is 88.8 Å². The summed E-state index contributed by atoms with van der Waals surface area (Å²) in [5.74, 6) is 3.42. The lowest BCUT2D eigenvalue weighted by Crippen LogP contribution is -2.38. The van der Waals surface area contributed by atoms with Crippen LogP contribution in [-0.2, 0) is 41.9 Å². The molecule has 26 nitrogen and oxygen atoms in total. The van der Waals surface area contributed by atoms with Gasteiger partial charge < -0.3 is 62.3 Å². The smallest absolute Gasteiger partial charge is 0.274 e. The van der Waals surface area contributed by atoms with Gasteiger partial charge in [0, 0.05) is 167 Å². The standard InChI is InChI=1S/C28H36N4O4SSi.C23H23N3O3S.C15H22N2O2Si.C13H15BrN2O2S.C7H3BrClNS.C6H13NO2.CH4.B/c1-38(2,3)19-18-34-21-32-26(10-11-29-32)22-4-6-23(7-5-22)36-24-8-9-25-27(20-24)37-28(30-25)35-17-14-31-12-15-33-16-13-31;1-3-19(4-2-17(1)18-7-8-24-16-18)29-20-5-6-21-22(15-20)30-23(25-21)28-14-11-26-9-12-27-13-10-26;1-20(2,3)11-10-19-12-17-15(8-9-16-17)13-4-6-14(18)7-5-13;14-10-1-2-11-12(9-10)19-13(15-11)18-8-5-16-3-6-17-7-4-16;8-4-1-2-5-6(3-4)11-7(9)10-5;8-4-1-7-2-5-9-6-3-7;;/h4-11,20H,12-19,21H2,1-3H3;1-8,15H,9-14,16H2;4-9,18H,10-12H2,1-3H3;1-2,9H,3-8H2;1-3H;8H,1-6H2;1H4;. The molecular formula is C93H116BBr2ClN13O13S4Si2. The molecule has 2 N–H and O–H groups in total.